The van der Waals surface area contributed by atoms with Crippen molar-refractivity contribution in [2.75, 3.05) is 23.3 Å². The number of nitrogens with one attached hydrogen (secondary N) is 1. The lowest BCUT2D eigenvalue weighted by molar-refractivity contribution is 0.116. The van der Waals surface area contributed by atoms with Crippen LogP contribution >= 0.6 is 0 Å². The molecular weight excluding hydrogens is 236 g/mol. The number of rotatable bonds is 3. The highest BCUT2D eigenvalue weighted by Crippen LogP contribution is 2.25. The van der Waals surface area contributed by atoms with E-state index in [2.05, 4.69) is 34.5 Å². The van der Waals surface area contributed by atoms with Gasteiger partial charge in [-0.05, 0) is 49.9 Å². The minimum atomic E-state index is -0.188. The molecule has 1 aromatic carbocycles. The van der Waals surface area contributed by atoms with E-state index in [1.54, 1.807) is 0 Å². The molecule has 3 heteroatoms. The van der Waals surface area contributed by atoms with Crippen molar-refractivity contribution >= 4 is 11.4 Å². The van der Waals surface area contributed by atoms with Gasteiger partial charge >= 0.3 is 0 Å². The van der Waals surface area contributed by atoms with Gasteiger partial charge in [-0.25, -0.2) is 0 Å². The Morgan fingerprint density at radius 3 is 2.32 bits per heavy atom. The average molecular weight is 260 g/mol. The van der Waals surface area contributed by atoms with Crippen LogP contribution in [0.15, 0.2) is 24.3 Å². The normalized spacial score (nSPS) is 27.5. The first-order valence-electron chi connectivity index (χ1n) is 7.62. The van der Waals surface area contributed by atoms with Crippen LogP contribution in [-0.2, 0) is 0 Å². The molecule has 1 heterocycles. The van der Waals surface area contributed by atoms with Crippen molar-refractivity contribution in [2.24, 2.45) is 0 Å². The molecule has 2 aliphatic rings. The van der Waals surface area contributed by atoms with Gasteiger partial charge in [0.2, 0.25) is 0 Å². The molecule has 0 spiro atoms. The summed E-state index contributed by atoms with van der Waals surface area (Å²) in [5.41, 5.74) is 2.46. The fourth-order valence-electron chi connectivity index (χ4n) is 3.24. The van der Waals surface area contributed by atoms with E-state index in [0.29, 0.717) is 0 Å². The van der Waals surface area contributed by atoms with E-state index in [-0.39, 0.29) is 12.1 Å². The monoisotopic (exact) mass is 260 g/mol. The lowest BCUT2D eigenvalue weighted by Gasteiger charge is -2.29. The Kier molecular flexibility index (Phi) is 3.92. The molecule has 0 bridgehead atoms. The molecule has 2 N–H and O–H groups in total. The van der Waals surface area contributed by atoms with Crippen LogP contribution in [0, 0.1) is 0 Å². The summed E-state index contributed by atoms with van der Waals surface area (Å²) in [6.07, 6.45) is 6.83. The van der Waals surface area contributed by atoms with Crippen LogP contribution < -0.4 is 10.2 Å². The quantitative estimate of drug-likeness (QED) is 0.877. The van der Waals surface area contributed by atoms with Crippen molar-refractivity contribution in [3.8, 4) is 0 Å². The summed E-state index contributed by atoms with van der Waals surface area (Å²) < 4.78 is 0. The van der Waals surface area contributed by atoms with Gasteiger partial charge in [-0.15, -0.1) is 0 Å². The van der Waals surface area contributed by atoms with Crippen molar-refractivity contribution in [3.05, 3.63) is 24.3 Å². The Balaban J connectivity index is 1.62. The molecule has 1 aromatic rings. The topological polar surface area (TPSA) is 35.5 Å². The van der Waals surface area contributed by atoms with Gasteiger partial charge in [-0.2, -0.15) is 0 Å². The Morgan fingerprint density at radius 2 is 1.63 bits per heavy atom. The van der Waals surface area contributed by atoms with Crippen LogP contribution in [-0.4, -0.2) is 30.3 Å². The smallest absolute Gasteiger partial charge is 0.0741 e. The summed E-state index contributed by atoms with van der Waals surface area (Å²) >= 11 is 0. The van der Waals surface area contributed by atoms with Crippen LogP contribution in [0.1, 0.15) is 38.5 Å². The van der Waals surface area contributed by atoms with Gasteiger partial charge < -0.3 is 15.3 Å². The highest BCUT2D eigenvalue weighted by molar-refractivity contribution is 5.55. The lowest BCUT2D eigenvalue weighted by Crippen LogP contribution is -2.36. The van der Waals surface area contributed by atoms with Crippen molar-refractivity contribution in [2.45, 2.75) is 50.7 Å². The molecule has 0 amide bonds. The Hall–Kier alpha value is -1.22. The fourth-order valence-corrected chi connectivity index (χ4v) is 3.24. The van der Waals surface area contributed by atoms with E-state index in [0.717, 1.165) is 24.9 Å². The zero-order valence-electron chi connectivity index (χ0n) is 11.5. The molecule has 0 unspecified atom stereocenters. The summed E-state index contributed by atoms with van der Waals surface area (Å²) in [6.45, 7) is 2.38. The second-order valence-electron chi connectivity index (χ2n) is 5.84. The number of hydrogen-bond acceptors (Lipinski definition) is 3. The van der Waals surface area contributed by atoms with Crippen LogP contribution in [0.25, 0.3) is 0 Å². The van der Waals surface area contributed by atoms with Gasteiger partial charge in [0.15, 0.2) is 0 Å². The average Bonchev–Trinajstić information content (AvgIpc) is 2.96. The summed E-state index contributed by atoms with van der Waals surface area (Å²) in [5, 5.41) is 13.5. The maximum absolute atomic E-state index is 9.99. The molecule has 3 rings (SSSR count). The van der Waals surface area contributed by atoms with E-state index in [1.807, 2.05) is 0 Å². The lowest BCUT2D eigenvalue weighted by atomic mass is 9.92. The zero-order chi connectivity index (χ0) is 13.1. The van der Waals surface area contributed by atoms with Crippen molar-refractivity contribution in [1.29, 1.82) is 0 Å². The zero-order valence-corrected chi connectivity index (χ0v) is 11.5. The second kappa shape index (κ2) is 5.83. The van der Waals surface area contributed by atoms with Crippen LogP contribution in [0.5, 0.6) is 0 Å². The molecule has 104 valence electrons. The fraction of sp³-hybridized carbons (Fsp3) is 0.625. The first-order valence-corrected chi connectivity index (χ1v) is 7.62. The van der Waals surface area contributed by atoms with Crippen LogP contribution in [0.4, 0.5) is 11.4 Å². The van der Waals surface area contributed by atoms with Crippen molar-refractivity contribution in [1.82, 2.24) is 0 Å². The highest BCUT2D eigenvalue weighted by Gasteiger charge is 2.22. The molecular formula is C16H24N2O. The molecule has 2 atom stereocenters. The van der Waals surface area contributed by atoms with E-state index in [4.69, 9.17) is 0 Å². The second-order valence-corrected chi connectivity index (χ2v) is 5.84. The number of benzene rings is 1. The molecule has 0 aromatic heterocycles. The summed E-state index contributed by atoms with van der Waals surface area (Å²) in [5.74, 6) is 0. The third-order valence-corrected chi connectivity index (χ3v) is 4.42. The number of hydrogen-bond donors (Lipinski definition) is 2. The Labute approximate surface area is 115 Å². The van der Waals surface area contributed by atoms with Gasteiger partial charge in [-0.1, -0.05) is 12.8 Å². The minimum Gasteiger partial charge on any atom is -0.391 e. The van der Waals surface area contributed by atoms with Gasteiger partial charge in [0.1, 0.15) is 0 Å². The Bertz CT molecular complexity index is 398. The molecule has 0 radical (unpaired) electrons. The van der Waals surface area contributed by atoms with Crippen LogP contribution in [0.2, 0.25) is 0 Å². The number of aliphatic hydroxyl groups is 1. The Morgan fingerprint density at radius 1 is 0.947 bits per heavy atom. The van der Waals surface area contributed by atoms with Gasteiger partial charge in [0, 0.05) is 24.5 Å². The van der Waals surface area contributed by atoms with Crippen molar-refractivity contribution in [3.63, 3.8) is 0 Å². The first kappa shape index (κ1) is 12.8. The molecule has 1 aliphatic carbocycles. The van der Waals surface area contributed by atoms with Gasteiger partial charge in [0.05, 0.1) is 12.1 Å². The maximum atomic E-state index is 9.99. The van der Waals surface area contributed by atoms with E-state index in [9.17, 15) is 5.11 Å². The van der Waals surface area contributed by atoms with Crippen LogP contribution in [0.3, 0.4) is 0 Å². The maximum Gasteiger partial charge on any atom is 0.0741 e. The highest BCUT2D eigenvalue weighted by atomic mass is 16.3. The largest absolute Gasteiger partial charge is 0.391 e. The molecule has 19 heavy (non-hydrogen) atoms. The number of anilines is 2. The third-order valence-electron chi connectivity index (χ3n) is 4.42. The summed E-state index contributed by atoms with van der Waals surface area (Å²) in [6, 6.07) is 8.92. The van der Waals surface area contributed by atoms with Gasteiger partial charge in [-0.3, -0.25) is 0 Å². The molecule has 1 saturated carbocycles. The SMILES string of the molecule is O[C@@H]1CCCC[C@H]1Nc1ccc(N2CCCC2)cc1. The summed E-state index contributed by atoms with van der Waals surface area (Å²) in [7, 11) is 0. The third kappa shape index (κ3) is 3.03. The van der Waals surface area contributed by atoms with E-state index < -0.39 is 0 Å². The molecule has 3 nitrogen and oxygen atoms in total. The first-order chi connectivity index (χ1) is 9.33. The van der Waals surface area contributed by atoms with Gasteiger partial charge in [0.25, 0.3) is 0 Å². The predicted octanol–water partition coefficient (Wildman–Crippen LogP) is 3.00. The molecule has 2 fully saturated rings. The van der Waals surface area contributed by atoms with E-state index in [1.165, 1.54) is 38.0 Å². The van der Waals surface area contributed by atoms with Crippen molar-refractivity contribution < 1.29 is 5.11 Å². The molecule has 1 aliphatic heterocycles. The molecule has 1 saturated heterocycles. The summed E-state index contributed by atoms with van der Waals surface area (Å²) in [4.78, 5) is 2.44. The number of aliphatic hydroxyl groups excluding tert-OH is 1. The minimum absolute atomic E-state index is 0.188. The predicted molar refractivity (Wildman–Crippen MR) is 79.8 cm³/mol. The number of nitrogens with zero attached hydrogens (tertiary/aromatic N) is 1. The standard InChI is InChI=1S/C16H24N2O/c19-16-6-2-1-5-15(16)17-13-7-9-14(10-8-13)18-11-3-4-12-18/h7-10,15-17,19H,1-6,11-12H2/t15-,16-/m1/s1. The van der Waals surface area contributed by atoms with E-state index >= 15 is 0 Å².